The standard InChI is InChI=1S/C18H17NO3/c1-12-8-13(2)16(9-15(12)10-19-20)21-11-17-18(22-17)14-6-4-3-5-7-14/h3-9,17-18H,11H2,1-2H3. The Hall–Kier alpha value is -2.51. The van der Waals surface area contributed by atoms with E-state index in [-0.39, 0.29) is 12.2 Å². The fraction of sp³-hybridized carbons (Fsp3) is 0.278. The minimum atomic E-state index is 0.0729. The van der Waals surface area contributed by atoms with E-state index in [9.17, 15) is 5.21 Å². The van der Waals surface area contributed by atoms with Gasteiger partial charge in [0, 0.05) is 11.1 Å². The number of hydrogen-bond donors (Lipinski definition) is 0. The monoisotopic (exact) mass is 295 g/mol. The summed E-state index contributed by atoms with van der Waals surface area (Å²) in [5, 5.41) is 13.1. The normalized spacial score (nSPS) is 19.2. The summed E-state index contributed by atoms with van der Waals surface area (Å²) in [6.45, 7) is 4.38. The zero-order valence-electron chi connectivity index (χ0n) is 12.6. The van der Waals surface area contributed by atoms with Crippen molar-refractivity contribution in [1.29, 1.82) is 0 Å². The molecule has 0 aliphatic carbocycles. The van der Waals surface area contributed by atoms with Gasteiger partial charge < -0.3 is 14.7 Å². The zero-order valence-corrected chi connectivity index (χ0v) is 12.6. The molecule has 0 radical (unpaired) electrons. The molecule has 0 saturated carbocycles. The van der Waals surface area contributed by atoms with Gasteiger partial charge >= 0.3 is 6.07 Å². The van der Waals surface area contributed by atoms with Gasteiger partial charge in [-0.15, -0.1) is 0 Å². The van der Waals surface area contributed by atoms with Crippen molar-refractivity contribution in [2.24, 2.45) is 0 Å². The summed E-state index contributed by atoms with van der Waals surface area (Å²) >= 11 is 0. The van der Waals surface area contributed by atoms with Gasteiger partial charge in [-0.05, 0) is 30.5 Å². The van der Waals surface area contributed by atoms with Crippen LogP contribution in [0, 0.1) is 25.1 Å². The van der Waals surface area contributed by atoms with Gasteiger partial charge in [-0.3, -0.25) is 0 Å². The third-order valence-electron chi connectivity index (χ3n) is 3.80. The van der Waals surface area contributed by atoms with Gasteiger partial charge in [-0.1, -0.05) is 36.4 Å². The van der Waals surface area contributed by atoms with Gasteiger partial charge in [0.25, 0.3) is 0 Å². The fourth-order valence-electron chi connectivity index (χ4n) is 2.54. The van der Waals surface area contributed by atoms with E-state index >= 15 is 0 Å². The van der Waals surface area contributed by atoms with Crippen LogP contribution in [0.15, 0.2) is 42.5 Å². The first kappa shape index (κ1) is 14.4. The topological polar surface area (TPSA) is 49.2 Å². The van der Waals surface area contributed by atoms with Crippen molar-refractivity contribution in [3.8, 4) is 11.8 Å². The first-order valence-corrected chi connectivity index (χ1v) is 7.22. The van der Waals surface area contributed by atoms with Crippen molar-refractivity contribution >= 4 is 0 Å². The molecule has 0 amide bonds. The molecule has 0 aromatic heterocycles. The summed E-state index contributed by atoms with van der Waals surface area (Å²) in [4.78, 5) is 0. The average molecular weight is 295 g/mol. The third-order valence-corrected chi connectivity index (χ3v) is 3.80. The van der Waals surface area contributed by atoms with Gasteiger partial charge in [0.1, 0.15) is 30.1 Å². The van der Waals surface area contributed by atoms with Crippen molar-refractivity contribution in [2.45, 2.75) is 26.1 Å². The van der Waals surface area contributed by atoms with Gasteiger partial charge in [-0.2, -0.15) is 0 Å². The van der Waals surface area contributed by atoms with Crippen LogP contribution < -0.4 is 4.74 Å². The quantitative estimate of drug-likeness (QED) is 0.632. The molecule has 1 saturated heterocycles. The molecule has 0 N–H and O–H groups in total. The molecule has 1 aliphatic heterocycles. The number of ether oxygens (including phenoxy) is 2. The second-order valence-corrected chi connectivity index (χ2v) is 5.45. The van der Waals surface area contributed by atoms with Crippen molar-refractivity contribution in [3.63, 3.8) is 0 Å². The molecule has 4 nitrogen and oxygen atoms in total. The Morgan fingerprint density at radius 3 is 2.68 bits per heavy atom. The lowest BCUT2D eigenvalue weighted by atomic mass is 10.1. The van der Waals surface area contributed by atoms with Crippen LogP contribution in [0.2, 0.25) is 0 Å². The predicted octanol–water partition coefficient (Wildman–Crippen LogP) is 4.00. The number of epoxide rings is 1. The second kappa shape index (κ2) is 6.08. The molecule has 2 unspecified atom stereocenters. The Labute approximate surface area is 129 Å². The van der Waals surface area contributed by atoms with Crippen LogP contribution in [0.1, 0.15) is 28.4 Å². The summed E-state index contributed by atoms with van der Waals surface area (Å²) in [7, 11) is 0. The molecule has 2 atom stereocenters. The highest BCUT2D eigenvalue weighted by atomic mass is 16.6. The number of nitrogens with zero attached hydrogens (tertiary/aromatic N) is 1. The SMILES string of the molecule is Cc1cc(C)c(OCC2OC2c2ccccc2)cc1C#[N+][O-]. The Morgan fingerprint density at radius 1 is 1.18 bits per heavy atom. The molecule has 0 spiro atoms. The molecule has 1 aliphatic rings. The predicted molar refractivity (Wildman–Crippen MR) is 85.2 cm³/mol. The number of aryl methyl sites for hydroxylation is 2. The van der Waals surface area contributed by atoms with E-state index in [1.165, 1.54) is 5.56 Å². The molecule has 4 heteroatoms. The van der Waals surface area contributed by atoms with Crippen LogP contribution in [-0.4, -0.2) is 12.7 Å². The van der Waals surface area contributed by atoms with E-state index < -0.39 is 0 Å². The lowest BCUT2D eigenvalue weighted by Gasteiger charge is -2.09. The van der Waals surface area contributed by atoms with Crippen LogP contribution in [0.25, 0.3) is 5.01 Å². The highest BCUT2D eigenvalue weighted by molar-refractivity contribution is 5.48. The van der Waals surface area contributed by atoms with Crippen LogP contribution in [0.5, 0.6) is 5.75 Å². The van der Waals surface area contributed by atoms with Gasteiger partial charge in [0.2, 0.25) is 0 Å². The van der Waals surface area contributed by atoms with E-state index in [1.807, 2.05) is 38.1 Å². The second-order valence-electron chi connectivity index (χ2n) is 5.45. The maximum Gasteiger partial charge on any atom is 0.337 e. The Kier molecular flexibility index (Phi) is 3.99. The Bertz CT molecular complexity index is 731. The van der Waals surface area contributed by atoms with Gasteiger partial charge in [-0.25, -0.2) is 0 Å². The Balaban J connectivity index is 1.65. The molecule has 1 fully saturated rings. The number of rotatable bonds is 4. The van der Waals surface area contributed by atoms with E-state index in [1.54, 1.807) is 6.07 Å². The van der Waals surface area contributed by atoms with Gasteiger partial charge in [0.15, 0.2) is 0 Å². The molecule has 0 bridgehead atoms. The largest absolute Gasteiger partial charge is 0.498 e. The smallest absolute Gasteiger partial charge is 0.337 e. The highest BCUT2D eigenvalue weighted by Crippen LogP contribution is 2.39. The molecular formula is C18H17NO3. The molecule has 2 aromatic rings. The average Bonchev–Trinajstić information content (AvgIpc) is 3.29. The third kappa shape index (κ3) is 3.05. The van der Waals surface area contributed by atoms with Crippen LogP contribution in [0.4, 0.5) is 0 Å². The summed E-state index contributed by atoms with van der Waals surface area (Å²) in [5.41, 5.74) is 3.80. The zero-order chi connectivity index (χ0) is 15.5. The maximum atomic E-state index is 10.4. The minimum Gasteiger partial charge on any atom is -0.498 e. The molecule has 1 heterocycles. The summed E-state index contributed by atoms with van der Waals surface area (Å²) < 4.78 is 11.5. The van der Waals surface area contributed by atoms with Gasteiger partial charge in [0.05, 0.1) is 0 Å². The Morgan fingerprint density at radius 2 is 1.95 bits per heavy atom. The molecule has 112 valence electrons. The van der Waals surface area contributed by atoms with E-state index in [4.69, 9.17) is 9.47 Å². The van der Waals surface area contributed by atoms with E-state index in [0.29, 0.717) is 12.2 Å². The maximum absolute atomic E-state index is 10.4. The summed E-state index contributed by atoms with van der Waals surface area (Å²) in [6.07, 6.45) is 0.185. The van der Waals surface area contributed by atoms with Crippen LogP contribution >= 0.6 is 0 Å². The molecule has 3 rings (SSSR count). The van der Waals surface area contributed by atoms with Crippen LogP contribution in [0.3, 0.4) is 0 Å². The van der Waals surface area contributed by atoms with E-state index in [2.05, 4.69) is 23.2 Å². The highest BCUT2D eigenvalue weighted by Gasteiger charge is 2.40. The fourth-order valence-corrected chi connectivity index (χ4v) is 2.54. The van der Waals surface area contributed by atoms with Crippen LogP contribution in [-0.2, 0) is 4.74 Å². The molecule has 22 heavy (non-hydrogen) atoms. The first-order valence-electron chi connectivity index (χ1n) is 7.22. The minimum absolute atomic E-state index is 0.0729. The van der Waals surface area contributed by atoms with Crippen molar-refractivity contribution in [2.75, 3.05) is 6.61 Å². The van der Waals surface area contributed by atoms with E-state index in [0.717, 1.165) is 16.9 Å². The first-order chi connectivity index (χ1) is 10.7. The molecular weight excluding hydrogens is 278 g/mol. The van der Waals surface area contributed by atoms with Crippen molar-refractivity contribution < 1.29 is 9.47 Å². The number of benzene rings is 2. The summed E-state index contributed by atoms with van der Waals surface area (Å²) in [6, 6.07) is 16.3. The van der Waals surface area contributed by atoms with Crippen molar-refractivity contribution in [3.05, 3.63) is 74.9 Å². The summed E-state index contributed by atoms with van der Waals surface area (Å²) in [5.74, 6) is 0.735. The lowest BCUT2D eigenvalue weighted by molar-refractivity contribution is 0.259. The van der Waals surface area contributed by atoms with Crippen molar-refractivity contribution in [1.82, 2.24) is 0 Å². The molecule has 2 aromatic carbocycles. The number of hydrogen-bond acceptors (Lipinski definition) is 3. The lowest BCUT2D eigenvalue weighted by Crippen LogP contribution is -2.07.